The van der Waals surface area contributed by atoms with E-state index < -0.39 is 0 Å². The molecule has 1 aromatic rings. The van der Waals surface area contributed by atoms with Crippen LogP contribution in [0.4, 0.5) is 0 Å². The molecular formula is C12H15Cl2NO. The average Bonchev–Trinajstić information content (AvgIpc) is 2.69. The summed E-state index contributed by atoms with van der Waals surface area (Å²) in [5.41, 5.74) is 6.99. The van der Waals surface area contributed by atoms with E-state index in [1.54, 1.807) is 13.2 Å². The van der Waals surface area contributed by atoms with Crippen LogP contribution >= 0.6 is 23.2 Å². The molecule has 0 radical (unpaired) electrons. The SMILES string of the molecule is COc1cc(Cl)c(C2(N)CCCC2)cc1Cl. The van der Waals surface area contributed by atoms with Crippen LogP contribution in [-0.2, 0) is 5.54 Å². The molecule has 1 aromatic carbocycles. The third-order valence-electron chi connectivity index (χ3n) is 3.27. The average molecular weight is 260 g/mol. The van der Waals surface area contributed by atoms with Crippen LogP contribution in [0.1, 0.15) is 31.2 Å². The van der Waals surface area contributed by atoms with Crippen molar-refractivity contribution >= 4 is 23.2 Å². The summed E-state index contributed by atoms with van der Waals surface area (Å²) in [5, 5.41) is 1.21. The van der Waals surface area contributed by atoms with Gasteiger partial charge in [-0.05, 0) is 24.5 Å². The van der Waals surface area contributed by atoms with Crippen molar-refractivity contribution in [3.05, 3.63) is 27.7 Å². The molecule has 0 atom stereocenters. The Morgan fingerprint density at radius 3 is 2.38 bits per heavy atom. The Morgan fingerprint density at radius 1 is 1.19 bits per heavy atom. The van der Waals surface area contributed by atoms with E-state index >= 15 is 0 Å². The van der Waals surface area contributed by atoms with Crippen molar-refractivity contribution in [2.45, 2.75) is 31.2 Å². The molecule has 2 rings (SSSR count). The van der Waals surface area contributed by atoms with Crippen molar-refractivity contribution in [2.24, 2.45) is 5.73 Å². The van der Waals surface area contributed by atoms with Crippen LogP contribution in [0.15, 0.2) is 12.1 Å². The number of hydrogen-bond donors (Lipinski definition) is 1. The van der Waals surface area contributed by atoms with Gasteiger partial charge in [-0.3, -0.25) is 0 Å². The van der Waals surface area contributed by atoms with Gasteiger partial charge in [0, 0.05) is 16.6 Å². The Labute approximate surface area is 106 Å². The molecule has 1 aliphatic rings. The normalized spacial score (nSPS) is 18.8. The molecule has 88 valence electrons. The monoisotopic (exact) mass is 259 g/mol. The highest BCUT2D eigenvalue weighted by Gasteiger charge is 2.33. The van der Waals surface area contributed by atoms with Crippen molar-refractivity contribution in [1.29, 1.82) is 0 Å². The van der Waals surface area contributed by atoms with Crippen LogP contribution in [0.3, 0.4) is 0 Å². The lowest BCUT2D eigenvalue weighted by atomic mass is 9.89. The highest BCUT2D eigenvalue weighted by Crippen LogP contribution is 2.42. The molecule has 4 heteroatoms. The van der Waals surface area contributed by atoms with E-state index in [9.17, 15) is 0 Å². The van der Waals surface area contributed by atoms with E-state index in [2.05, 4.69) is 0 Å². The molecule has 0 aliphatic heterocycles. The summed E-state index contributed by atoms with van der Waals surface area (Å²) in [5.74, 6) is 0.594. The van der Waals surface area contributed by atoms with E-state index in [0.717, 1.165) is 31.2 Å². The highest BCUT2D eigenvalue weighted by atomic mass is 35.5. The second kappa shape index (κ2) is 4.44. The lowest BCUT2D eigenvalue weighted by Gasteiger charge is -2.26. The summed E-state index contributed by atoms with van der Waals surface area (Å²) in [4.78, 5) is 0. The van der Waals surface area contributed by atoms with Gasteiger partial charge < -0.3 is 10.5 Å². The first-order chi connectivity index (χ1) is 7.57. The molecule has 16 heavy (non-hydrogen) atoms. The Kier molecular flexibility index (Phi) is 3.34. The second-order valence-electron chi connectivity index (χ2n) is 4.33. The van der Waals surface area contributed by atoms with Crippen molar-refractivity contribution in [2.75, 3.05) is 7.11 Å². The third kappa shape index (κ3) is 2.02. The zero-order valence-electron chi connectivity index (χ0n) is 9.22. The van der Waals surface area contributed by atoms with E-state index in [0.29, 0.717) is 15.8 Å². The third-order valence-corrected chi connectivity index (χ3v) is 3.88. The fourth-order valence-corrected chi connectivity index (χ4v) is 2.92. The van der Waals surface area contributed by atoms with E-state index in [4.69, 9.17) is 33.7 Å². The van der Waals surface area contributed by atoms with Crippen LogP contribution in [0.5, 0.6) is 5.75 Å². The van der Waals surface area contributed by atoms with Gasteiger partial charge in [-0.1, -0.05) is 36.0 Å². The summed E-state index contributed by atoms with van der Waals surface area (Å²) >= 11 is 12.3. The van der Waals surface area contributed by atoms with Gasteiger partial charge in [-0.2, -0.15) is 0 Å². The number of rotatable bonds is 2. The molecule has 0 aromatic heterocycles. The predicted molar refractivity (Wildman–Crippen MR) is 67.3 cm³/mol. The molecule has 1 fully saturated rings. The number of nitrogens with two attached hydrogens (primary N) is 1. The summed E-state index contributed by atoms with van der Waals surface area (Å²) in [7, 11) is 1.57. The molecule has 2 nitrogen and oxygen atoms in total. The molecule has 2 N–H and O–H groups in total. The Morgan fingerprint density at radius 2 is 1.81 bits per heavy atom. The van der Waals surface area contributed by atoms with E-state index in [-0.39, 0.29) is 5.54 Å². The first-order valence-electron chi connectivity index (χ1n) is 5.39. The molecule has 1 saturated carbocycles. The topological polar surface area (TPSA) is 35.2 Å². The van der Waals surface area contributed by atoms with Gasteiger partial charge in [-0.15, -0.1) is 0 Å². The minimum Gasteiger partial charge on any atom is -0.495 e. The molecule has 0 heterocycles. The van der Waals surface area contributed by atoms with Gasteiger partial charge in [0.15, 0.2) is 0 Å². The van der Waals surface area contributed by atoms with E-state index in [1.807, 2.05) is 6.07 Å². The van der Waals surface area contributed by atoms with Crippen molar-refractivity contribution in [1.82, 2.24) is 0 Å². The molecule has 0 saturated heterocycles. The van der Waals surface area contributed by atoms with Gasteiger partial charge in [0.2, 0.25) is 0 Å². The standard InChI is InChI=1S/C12H15Cl2NO/c1-16-11-7-9(13)8(6-10(11)14)12(15)4-2-3-5-12/h6-7H,2-5,15H2,1H3. The van der Waals surface area contributed by atoms with Gasteiger partial charge in [0.1, 0.15) is 5.75 Å². The number of hydrogen-bond acceptors (Lipinski definition) is 2. The summed E-state index contributed by atoms with van der Waals surface area (Å²) < 4.78 is 5.12. The van der Waals surface area contributed by atoms with Gasteiger partial charge in [0.25, 0.3) is 0 Å². The fourth-order valence-electron chi connectivity index (χ4n) is 2.34. The van der Waals surface area contributed by atoms with Crippen LogP contribution in [-0.4, -0.2) is 7.11 Å². The quantitative estimate of drug-likeness (QED) is 0.879. The van der Waals surface area contributed by atoms with Crippen molar-refractivity contribution in [3.63, 3.8) is 0 Å². The molecule has 0 bridgehead atoms. The number of methoxy groups -OCH3 is 1. The lowest BCUT2D eigenvalue weighted by molar-refractivity contribution is 0.413. The molecule has 1 aliphatic carbocycles. The minimum atomic E-state index is -0.313. The first kappa shape index (κ1) is 12.0. The van der Waals surface area contributed by atoms with Crippen LogP contribution in [0.25, 0.3) is 0 Å². The summed E-state index contributed by atoms with van der Waals surface area (Å²) in [6, 6.07) is 3.58. The van der Waals surface area contributed by atoms with Gasteiger partial charge in [0.05, 0.1) is 12.1 Å². The lowest BCUT2D eigenvalue weighted by Crippen LogP contribution is -2.33. The molecular weight excluding hydrogens is 245 g/mol. The molecule has 0 unspecified atom stereocenters. The largest absolute Gasteiger partial charge is 0.495 e. The molecule has 0 spiro atoms. The summed E-state index contributed by atoms with van der Waals surface area (Å²) in [6.45, 7) is 0. The van der Waals surface area contributed by atoms with Crippen LogP contribution in [0.2, 0.25) is 10.0 Å². The highest BCUT2D eigenvalue weighted by molar-refractivity contribution is 6.34. The minimum absolute atomic E-state index is 0.313. The fraction of sp³-hybridized carbons (Fsp3) is 0.500. The predicted octanol–water partition coefficient (Wildman–Crippen LogP) is 3.73. The van der Waals surface area contributed by atoms with Crippen molar-refractivity contribution in [3.8, 4) is 5.75 Å². The maximum absolute atomic E-state index is 6.36. The van der Waals surface area contributed by atoms with Crippen LogP contribution in [0, 0.1) is 0 Å². The zero-order valence-corrected chi connectivity index (χ0v) is 10.7. The second-order valence-corrected chi connectivity index (χ2v) is 5.14. The van der Waals surface area contributed by atoms with E-state index in [1.165, 1.54) is 0 Å². The summed E-state index contributed by atoms with van der Waals surface area (Å²) in [6.07, 6.45) is 4.23. The zero-order chi connectivity index (χ0) is 11.8. The Bertz CT molecular complexity index is 400. The maximum Gasteiger partial charge on any atom is 0.138 e. The first-order valence-corrected chi connectivity index (χ1v) is 6.15. The van der Waals surface area contributed by atoms with Crippen molar-refractivity contribution < 1.29 is 4.74 Å². The Balaban J connectivity index is 2.45. The van der Waals surface area contributed by atoms with Gasteiger partial charge >= 0.3 is 0 Å². The Hall–Kier alpha value is -0.440. The molecule has 0 amide bonds. The number of ether oxygens (including phenoxy) is 1. The number of halogens is 2. The number of benzene rings is 1. The van der Waals surface area contributed by atoms with Crippen LogP contribution < -0.4 is 10.5 Å². The smallest absolute Gasteiger partial charge is 0.138 e. The maximum atomic E-state index is 6.36. The van der Waals surface area contributed by atoms with Gasteiger partial charge in [-0.25, -0.2) is 0 Å².